The van der Waals surface area contributed by atoms with Crippen molar-refractivity contribution in [3.8, 4) is 34.8 Å². The number of hydrogen-bond donors (Lipinski definition) is 2. The molecule has 3 heterocycles. The van der Waals surface area contributed by atoms with Crippen LogP contribution in [0, 0.1) is 11.3 Å². The molecular formula is C19H16N2O8. The van der Waals surface area contributed by atoms with Crippen LogP contribution in [0.25, 0.3) is 0 Å². The van der Waals surface area contributed by atoms with E-state index in [0.717, 1.165) is 6.07 Å². The summed E-state index contributed by atoms with van der Waals surface area (Å²) in [6.45, 7) is -0.534. The van der Waals surface area contributed by atoms with Gasteiger partial charge in [0.2, 0.25) is 35.4 Å². The van der Waals surface area contributed by atoms with Gasteiger partial charge in [-0.05, 0) is 6.07 Å². The standard InChI is InChI=1S/C19H16N2O8/c1-24-14-9(4-12-16(18(14)25-2)27-7-26-12)13-10(5-20)19(21)29-15-11(23)3-8(6-22)28-17(13)15/h3-4,13,22H,6-7,21H2,1-2H3/t13-/m0/s1. The molecule has 1 aromatic heterocycles. The molecule has 0 fully saturated rings. The first-order valence-corrected chi connectivity index (χ1v) is 8.43. The van der Waals surface area contributed by atoms with Crippen molar-refractivity contribution in [1.29, 1.82) is 5.26 Å². The van der Waals surface area contributed by atoms with Crippen molar-refractivity contribution in [2.24, 2.45) is 5.73 Å². The average molecular weight is 400 g/mol. The first-order chi connectivity index (χ1) is 14.0. The molecule has 2 aliphatic heterocycles. The number of aliphatic hydroxyl groups excluding tert-OH is 1. The Morgan fingerprint density at radius 3 is 2.66 bits per heavy atom. The van der Waals surface area contributed by atoms with Crippen molar-refractivity contribution >= 4 is 0 Å². The van der Waals surface area contributed by atoms with Gasteiger partial charge in [0.05, 0.1) is 20.1 Å². The fraction of sp³-hybridized carbons (Fsp3) is 0.263. The van der Waals surface area contributed by atoms with Crippen LogP contribution < -0.4 is 34.8 Å². The van der Waals surface area contributed by atoms with Gasteiger partial charge in [-0.2, -0.15) is 5.26 Å². The lowest BCUT2D eigenvalue weighted by atomic mass is 9.86. The number of nitrogens with two attached hydrogens (primary N) is 1. The molecule has 0 saturated heterocycles. The smallest absolute Gasteiger partial charge is 0.231 e. The van der Waals surface area contributed by atoms with E-state index in [-0.39, 0.29) is 47.0 Å². The van der Waals surface area contributed by atoms with E-state index in [9.17, 15) is 15.2 Å². The van der Waals surface area contributed by atoms with E-state index in [4.69, 9.17) is 33.8 Å². The number of fused-ring (bicyclic) bond motifs is 2. The van der Waals surface area contributed by atoms with Gasteiger partial charge < -0.3 is 38.9 Å². The third-order valence-electron chi connectivity index (χ3n) is 4.61. The molecule has 0 spiro atoms. The number of nitriles is 1. The van der Waals surface area contributed by atoms with Gasteiger partial charge >= 0.3 is 0 Å². The van der Waals surface area contributed by atoms with E-state index in [0.29, 0.717) is 17.1 Å². The van der Waals surface area contributed by atoms with Crippen LogP contribution in [0.3, 0.4) is 0 Å². The number of allylic oxidation sites excluding steroid dienone is 1. The zero-order valence-corrected chi connectivity index (χ0v) is 15.5. The third-order valence-corrected chi connectivity index (χ3v) is 4.61. The number of benzene rings is 1. The zero-order chi connectivity index (χ0) is 20.7. The molecule has 0 radical (unpaired) electrons. The quantitative estimate of drug-likeness (QED) is 0.764. The number of rotatable bonds is 4. The predicted octanol–water partition coefficient (Wildman–Crippen LogP) is 1.10. The molecular weight excluding hydrogens is 384 g/mol. The van der Waals surface area contributed by atoms with E-state index in [2.05, 4.69) is 0 Å². The molecule has 1 aromatic carbocycles. The maximum absolute atomic E-state index is 12.5. The van der Waals surface area contributed by atoms with Crippen LogP contribution in [-0.4, -0.2) is 26.1 Å². The molecule has 2 aliphatic rings. The van der Waals surface area contributed by atoms with Crippen LogP contribution in [0.5, 0.6) is 28.7 Å². The molecule has 4 rings (SSSR count). The van der Waals surface area contributed by atoms with E-state index in [1.807, 2.05) is 6.07 Å². The van der Waals surface area contributed by atoms with Gasteiger partial charge in [0.25, 0.3) is 0 Å². The van der Waals surface area contributed by atoms with Crippen molar-refractivity contribution < 1.29 is 33.2 Å². The molecule has 0 amide bonds. The summed E-state index contributed by atoms with van der Waals surface area (Å²) in [7, 11) is 2.85. The van der Waals surface area contributed by atoms with Crippen LogP contribution in [-0.2, 0) is 6.61 Å². The van der Waals surface area contributed by atoms with Gasteiger partial charge in [0.1, 0.15) is 24.0 Å². The summed E-state index contributed by atoms with van der Waals surface area (Å²) in [6, 6.07) is 4.69. The van der Waals surface area contributed by atoms with E-state index >= 15 is 0 Å². The van der Waals surface area contributed by atoms with Gasteiger partial charge in [0, 0.05) is 11.6 Å². The first kappa shape index (κ1) is 18.5. The minimum absolute atomic E-state index is 0.00467. The SMILES string of the molecule is COc1c([C@H]2C(C#N)=C(N)Oc3c2oc(CO)cc3=O)cc2c(c1OC)OCO2. The molecule has 1 atom stereocenters. The molecule has 0 saturated carbocycles. The number of aliphatic hydroxyl groups is 1. The van der Waals surface area contributed by atoms with Gasteiger partial charge in [-0.3, -0.25) is 4.79 Å². The van der Waals surface area contributed by atoms with Gasteiger partial charge in [-0.15, -0.1) is 0 Å². The monoisotopic (exact) mass is 400 g/mol. The Morgan fingerprint density at radius 2 is 2.00 bits per heavy atom. The third kappa shape index (κ3) is 2.71. The van der Waals surface area contributed by atoms with E-state index < -0.39 is 18.0 Å². The molecule has 3 N–H and O–H groups in total. The Balaban J connectivity index is 2.06. The van der Waals surface area contributed by atoms with E-state index in [1.165, 1.54) is 14.2 Å². The summed E-state index contributed by atoms with van der Waals surface area (Å²) >= 11 is 0. The largest absolute Gasteiger partial charge is 0.492 e. The molecule has 29 heavy (non-hydrogen) atoms. The minimum atomic E-state index is -0.971. The highest BCUT2D eigenvalue weighted by atomic mass is 16.7. The topological polar surface area (TPSA) is 146 Å². The molecule has 0 aliphatic carbocycles. The summed E-state index contributed by atoms with van der Waals surface area (Å²) in [6.07, 6.45) is 0. The highest BCUT2D eigenvalue weighted by Crippen LogP contribution is 2.54. The van der Waals surface area contributed by atoms with E-state index in [1.54, 1.807) is 6.07 Å². The molecule has 0 unspecified atom stereocenters. The average Bonchev–Trinajstić information content (AvgIpc) is 3.20. The lowest BCUT2D eigenvalue weighted by Crippen LogP contribution is -2.25. The van der Waals surface area contributed by atoms with Crippen molar-refractivity contribution in [3.05, 3.63) is 50.9 Å². The first-order valence-electron chi connectivity index (χ1n) is 8.43. The van der Waals surface area contributed by atoms with Crippen LogP contribution >= 0.6 is 0 Å². The molecule has 150 valence electrons. The Kier molecular flexibility index (Phi) is 4.44. The van der Waals surface area contributed by atoms with Crippen molar-refractivity contribution in [2.75, 3.05) is 21.0 Å². The Morgan fingerprint density at radius 1 is 1.24 bits per heavy atom. The molecule has 10 heteroatoms. The lowest BCUT2D eigenvalue weighted by Gasteiger charge is -2.26. The maximum atomic E-state index is 12.5. The minimum Gasteiger partial charge on any atom is -0.492 e. The number of methoxy groups -OCH3 is 2. The maximum Gasteiger partial charge on any atom is 0.231 e. The Hall–Kier alpha value is -3.84. The zero-order valence-electron chi connectivity index (χ0n) is 15.5. The highest BCUT2D eigenvalue weighted by molar-refractivity contribution is 5.68. The van der Waals surface area contributed by atoms with Gasteiger partial charge in [0.15, 0.2) is 17.3 Å². The van der Waals surface area contributed by atoms with Crippen LogP contribution in [0.2, 0.25) is 0 Å². The molecule has 10 nitrogen and oxygen atoms in total. The van der Waals surface area contributed by atoms with Crippen LogP contribution in [0.1, 0.15) is 23.0 Å². The van der Waals surface area contributed by atoms with Gasteiger partial charge in [-0.1, -0.05) is 0 Å². The van der Waals surface area contributed by atoms with Crippen molar-refractivity contribution in [2.45, 2.75) is 12.5 Å². The second kappa shape index (κ2) is 6.96. The summed E-state index contributed by atoms with van der Waals surface area (Å²) in [5.74, 6) is -0.174. The Bertz CT molecular complexity index is 1130. The van der Waals surface area contributed by atoms with Gasteiger partial charge in [-0.25, -0.2) is 0 Å². The molecule has 2 aromatic rings. The van der Waals surface area contributed by atoms with Crippen molar-refractivity contribution in [3.63, 3.8) is 0 Å². The summed E-state index contributed by atoms with van der Waals surface area (Å²) < 4.78 is 32.9. The normalized spacial score (nSPS) is 16.7. The highest BCUT2D eigenvalue weighted by Gasteiger charge is 2.39. The summed E-state index contributed by atoms with van der Waals surface area (Å²) in [4.78, 5) is 12.5. The molecule has 0 bridgehead atoms. The second-order valence-electron chi connectivity index (χ2n) is 6.12. The number of nitrogens with zero attached hydrogens (tertiary/aromatic N) is 1. The van der Waals surface area contributed by atoms with Crippen molar-refractivity contribution in [1.82, 2.24) is 0 Å². The van der Waals surface area contributed by atoms with Crippen LogP contribution in [0.4, 0.5) is 0 Å². The summed E-state index contributed by atoms with van der Waals surface area (Å²) in [5.41, 5.74) is 5.75. The van der Waals surface area contributed by atoms with Crippen LogP contribution in [0.15, 0.2) is 32.8 Å². The lowest BCUT2D eigenvalue weighted by molar-refractivity contribution is 0.170. The number of ether oxygens (including phenoxy) is 5. The fourth-order valence-corrected chi connectivity index (χ4v) is 3.40. The number of hydrogen-bond acceptors (Lipinski definition) is 10. The predicted molar refractivity (Wildman–Crippen MR) is 95.9 cm³/mol. The second-order valence-corrected chi connectivity index (χ2v) is 6.12. The Labute approximate surface area is 164 Å². The summed E-state index contributed by atoms with van der Waals surface area (Å²) in [5, 5.41) is 19.2. The fourth-order valence-electron chi connectivity index (χ4n) is 3.40.